The first-order chi connectivity index (χ1) is 9.08. The summed E-state index contributed by atoms with van der Waals surface area (Å²) >= 11 is 0. The number of nitrogens with zero attached hydrogens (tertiary/aromatic N) is 2. The molecule has 19 heavy (non-hydrogen) atoms. The van der Waals surface area contributed by atoms with Crippen LogP contribution in [0.4, 0.5) is 4.79 Å². The molecule has 2 rings (SSSR count). The number of carbonyl (C=O) groups is 2. The van der Waals surface area contributed by atoms with Crippen molar-refractivity contribution in [2.24, 2.45) is 11.8 Å². The lowest BCUT2D eigenvalue weighted by molar-refractivity contribution is -0.141. The average molecular weight is 268 g/mol. The third-order valence-corrected chi connectivity index (χ3v) is 4.39. The first-order valence-electron chi connectivity index (χ1n) is 7.30. The van der Waals surface area contributed by atoms with Crippen molar-refractivity contribution in [2.75, 3.05) is 26.7 Å². The molecule has 1 aliphatic heterocycles. The zero-order valence-electron chi connectivity index (χ0n) is 11.7. The average Bonchev–Trinajstić information content (AvgIpc) is 2.88. The Morgan fingerprint density at radius 3 is 2.47 bits per heavy atom. The van der Waals surface area contributed by atoms with Gasteiger partial charge in [0.2, 0.25) is 0 Å². The monoisotopic (exact) mass is 268 g/mol. The summed E-state index contributed by atoms with van der Waals surface area (Å²) in [5, 5.41) is 8.96. The number of amides is 2. The van der Waals surface area contributed by atoms with Crippen LogP contribution < -0.4 is 0 Å². The maximum Gasteiger partial charge on any atom is 0.319 e. The minimum absolute atomic E-state index is 0.00526. The number of carboxylic acids is 1. The van der Waals surface area contributed by atoms with Gasteiger partial charge in [0.05, 0.1) is 5.92 Å². The predicted octanol–water partition coefficient (Wildman–Crippen LogP) is 2.03. The van der Waals surface area contributed by atoms with Crippen LogP contribution in [0, 0.1) is 11.8 Å². The fraction of sp³-hybridized carbons (Fsp3) is 0.857. The van der Waals surface area contributed by atoms with E-state index in [-0.39, 0.29) is 11.9 Å². The van der Waals surface area contributed by atoms with Gasteiger partial charge in [0.1, 0.15) is 0 Å². The van der Waals surface area contributed by atoms with Gasteiger partial charge >= 0.3 is 12.0 Å². The summed E-state index contributed by atoms with van der Waals surface area (Å²) in [7, 11) is 1.84. The molecule has 1 atom stereocenters. The lowest BCUT2D eigenvalue weighted by Gasteiger charge is -2.30. The van der Waals surface area contributed by atoms with Crippen LogP contribution in [0.15, 0.2) is 0 Å². The zero-order chi connectivity index (χ0) is 13.8. The molecule has 1 unspecified atom stereocenters. The lowest BCUT2D eigenvalue weighted by atomic mass is 9.89. The Kier molecular flexibility index (Phi) is 4.66. The fourth-order valence-corrected chi connectivity index (χ4v) is 3.21. The van der Waals surface area contributed by atoms with E-state index in [0.717, 1.165) is 6.54 Å². The van der Waals surface area contributed by atoms with Gasteiger partial charge in [-0.2, -0.15) is 0 Å². The number of aliphatic carboxylic acids is 1. The van der Waals surface area contributed by atoms with Crippen LogP contribution >= 0.6 is 0 Å². The highest BCUT2D eigenvalue weighted by molar-refractivity contribution is 5.77. The maximum atomic E-state index is 12.2. The van der Waals surface area contributed by atoms with Gasteiger partial charge in [0.25, 0.3) is 0 Å². The first-order valence-corrected chi connectivity index (χ1v) is 7.30. The molecule has 1 aliphatic carbocycles. The lowest BCUT2D eigenvalue weighted by Crippen LogP contribution is -2.42. The molecule has 1 saturated carbocycles. The van der Waals surface area contributed by atoms with E-state index in [4.69, 9.17) is 5.11 Å². The van der Waals surface area contributed by atoms with E-state index in [1.807, 2.05) is 7.05 Å². The smallest absolute Gasteiger partial charge is 0.319 e. The molecule has 0 aromatic carbocycles. The number of urea groups is 1. The van der Waals surface area contributed by atoms with Gasteiger partial charge in [-0.05, 0) is 25.2 Å². The fourth-order valence-electron chi connectivity index (χ4n) is 3.21. The quantitative estimate of drug-likeness (QED) is 0.852. The largest absolute Gasteiger partial charge is 0.481 e. The van der Waals surface area contributed by atoms with E-state index >= 15 is 0 Å². The molecular weight excluding hydrogens is 244 g/mol. The second-order valence-corrected chi connectivity index (χ2v) is 5.94. The second-order valence-electron chi connectivity index (χ2n) is 5.94. The number of carbonyl (C=O) groups excluding carboxylic acids is 1. The molecule has 0 bridgehead atoms. The van der Waals surface area contributed by atoms with Crippen molar-refractivity contribution in [2.45, 2.75) is 38.5 Å². The van der Waals surface area contributed by atoms with Crippen molar-refractivity contribution in [3.05, 3.63) is 0 Å². The summed E-state index contributed by atoms with van der Waals surface area (Å²) in [5.74, 6) is -0.544. The van der Waals surface area contributed by atoms with Crippen LogP contribution in [-0.2, 0) is 4.79 Å². The zero-order valence-corrected chi connectivity index (χ0v) is 11.7. The molecule has 2 amide bonds. The van der Waals surface area contributed by atoms with E-state index in [1.54, 1.807) is 9.80 Å². The Balaban J connectivity index is 1.80. The number of hydrogen-bond acceptors (Lipinski definition) is 2. The molecule has 108 valence electrons. The van der Waals surface area contributed by atoms with Crippen molar-refractivity contribution in [1.82, 2.24) is 9.80 Å². The summed E-state index contributed by atoms with van der Waals surface area (Å²) in [4.78, 5) is 26.6. The van der Waals surface area contributed by atoms with E-state index in [9.17, 15) is 9.59 Å². The Bertz CT molecular complexity index is 340. The Morgan fingerprint density at radius 2 is 1.89 bits per heavy atom. The van der Waals surface area contributed by atoms with Crippen LogP contribution in [0.5, 0.6) is 0 Å². The maximum absolute atomic E-state index is 12.2. The molecule has 0 aromatic rings. The van der Waals surface area contributed by atoms with Gasteiger partial charge in [0.15, 0.2) is 0 Å². The van der Waals surface area contributed by atoms with Crippen molar-refractivity contribution < 1.29 is 14.7 Å². The summed E-state index contributed by atoms with van der Waals surface area (Å²) in [6, 6.07) is -0.00526. The van der Waals surface area contributed by atoms with Crippen LogP contribution in [0.2, 0.25) is 0 Å². The topological polar surface area (TPSA) is 60.9 Å². The molecule has 1 saturated heterocycles. The van der Waals surface area contributed by atoms with Crippen LogP contribution in [0.25, 0.3) is 0 Å². The van der Waals surface area contributed by atoms with Crippen LogP contribution in [0.1, 0.15) is 38.5 Å². The molecule has 0 radical (unpaired) electrons. The van der Waals surface area contributed by atoms with Crippen LogP contribution in [0.3, 0.4) is 0 Å². The predicted molar refractivity (Wildman–Crippen MR) is 71.9 cm³/mol. The molecule has 1 heterocycles. The van der Waals surface area contributed by atoms with Crippen molar-refractivity contribution in [1.29, 1.82) is 0 Å². The number of rotatable bonds is 3. The summed E-state index contributed by atoms with van der Waals surface area (Å²) in [6.45, 7) is 1.75. The van der Waals surface area contributed by atoms with Gasteiger partial charge in [0, 0.05) is 26.7 Å². The van der Waals surface area contributed by atoms with E-state index < -0.39 is 5.97 Å². The second kappa shape index (κ2) is 6.26. The Hall–Kier alpha value is -1.26. The molecular formula is C14H24N2O3. The molecule has 2 aliphatic rings. The third-order valence-electron chi connectivity index (χ3n) is 4.39. The highest BCUT2D eigenvalue weighted by Crippen LogP contribution is 2.25. The van der Waals surface area contributed by atoms with Gasteiger partial charge in [-0.15, -0.1) is 0 Å². The highest BCUT2D eigenvalue weighted by Gasteiger charge is 2.32. The van der Waals surface area contributed by atoms with Crippen molar-refractivity contribution in [3.8, 4) is 0 Å². The molecule has 5 nitrogen and oxygen atoms in total. The van der Waals surface area contributed by atoms with Crippen molar-refractivity contribution >= 4 is 12.0 Å². The summed E-state index contributed by atoms with van der Waals surface area (Å²) < 4.78 is 0. The van der Waals surface area contributed by atoms with E-state index in [1.165, 1.54) is 32.1 Å². The Morgan fingerprint density at radius 1 is 1.21 bits per heavy atom. The van der Waals surface area contributed by atoms with Gasteiger partial charge in [-0.1, -0.05) is 19.3 Å². The standard InChI is InChI=1S/C14H24N2O3/c1-15(9-11-5-3-2-4-6-11)14(19)16-8-7-12(10-16)13(17)18/h11-12H,2-10H2,1H3,(H,17,18). The van der Waals surface area contributed by atoms with Gasteiger partial charge in [-0.3, -0.25) is 4.79 Å². The minimum atomic E-state index is -0.787. The molecule has 0 spiro atoms. The molecule has 2 fully saturated rings. The normalized spacial score (nSPS) is 24.5. The van der Waals surface area contributed by atoms with Gasteiger partial charge in [-0.25, -0.2) is 4.79 Å². The Labute approximate surface area is 114 Å². The molecule has 5 heteroatoms. The van der Waals surface area contributed by atoms with E-state index in [2.05, 4.69) is 0 Å². The molecule has 0 aromatic heterocycles. The highest BCUT2D eigenvalue weighted by atomic mass is 16.4. The SMILES string of the molecule is CN(CC1CCCCC1)C(=O)N1CCC(C(=O)O)C1. The first kappa shape index (κ1) is 14.2. The molecule has 1 N–H and O–H groups in total. The van der Waals surface area contributed by atoms with E-state index in [0.29, 0.717) is 25.4 Å². The number of likely N-dealkylation sites (tertiary alicyclic amines) is 1. The summed E-state index contributed by atoms with van der Waals surface area (Å²) in [5.41, 5.74) is 0. The third kappa shape index (κ3) is 3.61. The number of hydrogen-bond donors (Lipinski definition) is 1. The van der Waals surface area contributed by atoms with Gasteiger partial charge < -0.3 is 14.9 Å². The van der Waals surface area contributed by atoms with Crippen LogP contribution in [-0.4, -0.2) is 53.6 Å². The minimum Gasteiger partial charge on any atom is -0.481 e. The van der Waals surface area contributed by atoms with Crippen molar-refractivity contribution in [3.63, 3.8) is 0 Å². The summed E-state index contributed by atoms with van der Waals surface area (Å²) in [6.07, 6.45) is 6.89. The number of carboxylic acid groups (broad SMARTS) is 1.